The molecule has 0 saturated heterocycles. The van der Waals surface area contributed by atoms with Crippen LogP contribution in [0.5, 0.6) is 0 Å². The van der Waals surface area contributed by atoms with E-state index in [1.165, 1.54) is 11.3 Å². The average Bonchev–Trinajstić information content (AvgIpc) is 3.43. The number of anilines is 1. The Hall–Kier alpha value is -3.18. The topological polar surface area (TPSA) is 123 Å². The summed E-state index contributed by atoms with van der Waals surface area (Å²) in [6, 6.07) is 9.91. The molecular formula is C19H18N4O5S2. The van der Waals surface area contributed by atoms with Crippen molar-refractivity contribution in [3.8, 4) is 0 Å². The molecule has 0 aliphatic heterocycles. The van der Waals surface area contributed by atoms with Gasteiger partial charge in [-0.25, -0.2) is 4.79 Å². The van der Waals surface area contributed by atoms with Crippen molar-refractivity contribution in [2.75, 3.05) is 17.7 Å². The number of esters is 1. The highest BCUT2D eigenvalue weighted by Crippen LogP contribution is 2.17. The number of aromatic nitrogens is 2. The summed E-state index contributed by atoms with van der Waals surface area (Å²) in [5.41, 5.74) is 0.963. The molecule has 3 aromatic rings. The van der Waals surface area contributed by atoms with Gasteiger partial charge < -0.3 is 19.8 Å². The molecule has 156 valence electrons. The molecule has 30 heavy (non-hydrogen) atoms. The SMILES string of the molecule is CCOC(=O)c1ccc(NC(=O)CSc2nnc(CNC(=O)c3cccs3)o2)cc1. The van der Waals surface area contributed by atoms with Crippen molar-refractivity contribution in [1.29, 1.82) is 0 Å². The van der Waals surface area contributed by atoms with Crippen LogP contribution in [0, 0.1) is 0 Å². The fraction of sp³-hybridized carbons (Fsp3) is 0.211. The Morgan fingerprint density at radius 3 is 2.67 bits per heavy atom. The predicted molar refractivity (Wildman–Crippen MR) is 112 cm³/mol. The summed E-state index contributed by atoms with van der Waals surface area (Å²) in [7, 11) is 0. The van der Waals surface area contributed by atoms with Gasteiger partial charge in [0.05, 0.1) is 29.3 Å². The van der Waals surface area contributed by atoms with Gasteiger partial charge in [0.2, 0.25) is 11.8 Å². The number of carbonyl (C=O) groups excluding carboxylic acids is 3. The number of ether oxygens (including phenoxy) is 1. The Labute approximate surface area is 180 Å². The lowest BCUT2D eigenvalue weighted by atomic mass is 10.2. The molecule has 0 fully saturated rings. The van der Waals surface area contributed by atoms with Crippen molar-refractivity contribution in [2.45, 2.75) is 18.7 Å². The number of amides is 2. The van der Waals surface area contributed by atoms with Crippen LogP contribution >= 0.6 is 23.1 Å². The van der Waals surface area contributed by atoms with E-state index < -0.39 is 5.97 Å². The summed E-state index contributed by atoms with van der Waals surface area (Å²) in [6.07, 6.45) is 0. The fourth-order valence-corrected chi connectivity index (χ4v) is 3.47. The first kappa shape index (κ1) is 21.5. The van der Waals surface area contributed by atoms with Crippen LogP contribution in [0.1, 0.15) is 32.8 Å². The molecule has 2 aromatic heterocycles. The zero-order chi connectivity index (χ0) is 21.3. The van der Waals surface area contributed by atoms with E-state index in [0.29, 0.717) is 22.7 Å². The van der Waals surface area contributed by atoms with Crippen LogP contribution in [-0.2, 0) is 16.1 Å². The maximum atomic E-state index is 12.1. The van der Waals surface area contributed by atoms with Crippen molar-refractivity contribution < 1.29 is 23.5 Å². The summed E-state index contributed by atoms with van der Waals surface area (Å²) in [4.78, 5) is 36.2. The molecule has 1 aromatic carbocycles. The van der Waals surface area contributed by atoms with Crippen LogP contribution < -0.4 is 10.6 Å². The van der Waals surface area contributed by atoms with Gasteiger partial charge in [0.1, 0.15) is 0 Å². The minimum Gasteiger partial charge on any atom is -0.462 e. The Kier molecular flexibility index (Phi) is 7.57. The number of thiophene rings is 1. The van der Waals surface area contributed by atoms with Gasteiger partial charge in [0, 0.05) is 5.69 Å². The van der Waals surface area contributed by atoms with Crippen LogP contribution in [0.15, 0.2) is 51.4 Å². The Morgan fingerprint density at radius 1 is 1.17 bits per heavy atom. The molecule has 2 amide bonds. The van der Waals surface area contributed by atoms with Gasteiger partial charge >= 0.3 is 5.97 Å². The number of carbonyl (C=O) groups is 3. The molecule has 0 saturated carbocycles. The highest BCUT2D eigenvalue weighted by Gasteiger charge is 2.12. The number of nitrogens with one attached hydrogen (secondary N) is 2. The molecule has 0 aliphatic carbocycles. The summed E-state index contributed by atoms with van der Waals surface area (Å²) in [6.45, 7) is 2.13. The fourth-order valence-electron chi connectivity index (χ4n) is 2.25. The largest absolute Gasteiger partial charge is 0.462 e. The monoisotopic (exact) mass is 446 g/mol. The highest BCUT2D eigenvalue weighted by atomic mass is 32.2. The van der Waals surface area contributed by atoms with Gasteiger partial charge in [-0.15, -0.1) is 21.5 Å². The smallest absolute Gasteiger partial charge is 0.338 e. The van der Waals surface area contributed by atoms with Crippen LogP contribution in [0.3, 0.4) is 0 Å². The van der Waals surface area contributed by atoms with Crippen LogP contribution in [-0.4, -0.2) is 40.3 Å². The van der Waals surface area contributed by atoms with E-state index in [-0.39, 0.29) is 35.2 Å². The third-order valence-corrected chi connectivity index (χ3v) is 5.29. The van der Waals surface area contributed by atoms with Crippen LogP contribution in [0.4, 0.5) is 5.69 Å². The number of hydrogen-bond donors (Lipinski definition) is 2. The quantitative estimate of drug-likeness (QED) is 0.380. The normalized spacial score (nSPS) is 10.4. The second kappa shape index (κ2) is 10.6. The van der Waals surface area contributed by atoms with Gasteiger partial charge in [-0.05, 0) is 42.6 Å². The van der Waals surface area contributed by atoms with Crippen LogP contribution in [0.25, 0.3) is 0 Å². The van der Waals surface area contributed by atoms with Crippen LogP contribution in [0.2, 0.25) is 0 Å². The van der Waals surface area contributed by atoms with E-state index in [1.54, 1.807) is 43.3 Å². The summed E-state index contributed by atoms with van der Waals surface area (Å²) in [5.74, 6) is -0.592. The molecule has 0 unspecified atom stereocenters. The maximum Gasteiger partial charge on any atom is 0.338 e. The highest BCUT2D eigenvalue weighted by molar-refractivity contribution is 7.99. The number of rotatable bonds is 9. The van der Waals surface area contributed by atoms with E-state index in [2.05, 4.69) is 20.8 Å². The lowest BCUT2D eigenvalue weighted by Crippen LogP contribution is -2.21. The Balaban J connectivity index is 1.42. The zero-order valence-electron chi connectivity index (χ0n) is 15.9. The number of nitrogens with zero attached hydrogens (tertiary/aromatic N) is 2. The van der Waals surface area contributed by atoms with Gasteiger partial charge in [-0.3, -0.25) is 9.59 Å². The standard InChI is InChI=1S/C19H18N4O5S2/c1-2-27-18(26)12-5-7-13(8-6-12)21-15(24)11-30-19-23-22-16(28-19)10-20-17(25)14-4-3-9-29-14/h3-9H,2,10-11H2,1H3,(H,20,25)(H,21,24). The molecular weight excluding hydrogens is 428 g/mol. The number of hydrogen-bond acceptors (Lipinski definition) is 9. The molecule has 0 radical (unpaired) electrons. The molecule has 0 bridgehead atoms. The lowest BCUT2D eigenvalue weighted by molar-refractivity contribution is -0.113. The number of benzene rings is 1. The van der Waals surface area contributed by atoms with E-state index in [0.717, 1.165) is 11.8 Å². The minimum absolute atomic E-state index is 0.0583. The molecule has 2 N–H and O–H groups in total. The predicted octanol–water partition coefficient (Wildman–Crippen LogP) is 2.97. The van der Waals surface area contributed by atoms with Crippen molar-refractivity contribution in [3.05, 3.63) is 58.1 Å². The zero-order valence-corrected chi connectivity index (χ0v) is 17.5. The third kappa shape index (κ3) is 6.16. The molecule has 0 aliphatic rings. The van der Waals surface area contributed by atoms with Crippen molar-refractivity contribution in [2.24, 2.45) is 0 Å². The van der Waals surface area contributed by atoms with Crippen molar-refractivity contribution >= 4 is 46.6 Å². The number of thioether (sulfide) groups is 1. The molecule has 11 heteroatoms. The van der Waals surface area contributed by atoms with Gasteiger partial charge in [-0.1, -0.05) is 17.8 Å². The molecule has 0 spiro atoms. The van der Waals surface area contributed by atoms with E-state index >= 15 is 0 Å². The summed E-state index contributed by atoms with van der Waals surface area (Å²) >= 11 is 2.42. The van der Waals surface area contributed by atoms with Crippen molar-refractivity contribution in [1.82, 2.24) is 15.5 Å². The van der Waals surface area contributed by atoms with Gasteiger partial charge in [-0.2, -0.15) is 0 Å². The van der Waals surface area contributed by atoms with Crippen molar-refractivity contribution in [3.63, 3.8) is 0 Å². The van der Waals surface area contributed by atoms with E-state index in [9.17, 15) is 14.4 Å². The minimum atomic E-state index is -0.412. The second-order valence-electron chi connectivity index (χ2n) is 5.76. The first-order chi connectivity index (χ1) is 14.5. The Bertz CT molecular complexity index is 1000. The molecule has 3 rings (SSSR count). The lowest BCUT2D eigenvalue weighted by Gasteiger charge is -2.05. The molecule has 9 nitrogen and oxygen atoms in total. The average molecular weight is 447 g/mol. The molecule has 2 heterocycles. The Morgan fingerprint density at radius 2 is 1.97 bits per heavy atom. The maximum absolute atomic E-state index is 12.1. The molecule has 0 atom stereocenters. The second-order valence-corrected chi connectivity index (χ2v) is 7.63. The van der Waals surface area contributed by atoms with E-state index in [4.69, 9.17) is 9.15 Å². The third-order valence-electron chi connectivity index (χ3n) is 3.60. The van der Waals surface area contributed by atoms with Gasteiger partial charge in [0.15, 0.2) is 0 Å². The summed E-state index contributed by atoms with van der Waals surface area (Å²) in [5, 5.41) is 15.1. The van der Waals surface area contributed by atoms with Gasteiger partial charge in [0.25, 0.3) is 11.1 Å². The first-order valence-corrected chi connectivity index (χ1v) is 10.8. The summed E-state index contributed by atoms with van der Waals surface area (Å²) < 4.78 is 10.3. The first-order valence-electron chi connectivity index (χ1n) is 8.89. The van der Waals surface area contributed by atoms with E-state index in [1.807, 2.05) is 5.38 Å².